The van der Waals surface area contributed by atoms with E-state index in [9.17, 15) is 5.11 Å². The fourth-order valence-electron chi connectivity index (χ4n) is 2.18. The van der Waals surface area contributed by atoms with Crippen molar-refractivity contribution in [2.45, 2.75) is 51.4 Å². The highest BCUT2D eigenvalue weighted by molar-refractivity contribution is 7.98. The van der Waals surface area contributed by atoms with Crippen LogP contribution >= 0.6 is 11.8 Å². The van der Waals surface area contributed by atoms with E-state index in [1.807, 2.05) is 11.8 Å². The molecule has 0 bridgehead atoms. The summed E-state index contributed by atoms with van der Waals surface area (Å²) < 4.78 is 0. The maximum absolute atomic E-state index is 9.52. The molecule has 2 nitrogen and oxygen atoms in total. The quantitative estimate of drug-likeness (QED) is 0.717. The van der Waals surface area contributed by atoms with Crippen molar-refractivity contribution >= 4 is 11.8 Å². The molecule has 0 aliphatic heterocycles. The summed E-state index contributed by atoms with van der Waals surface area (Å²) >= 11 is 1.93. The Hall–Kier alpha value is -0.510. The predicted molar refractivity (Wildman–Crippen MR) is 85.7 cm³/mol. The number of benzene rings is 1. The Morgan fingerprint density at radius 1 is 1.37 bits per heavy atom. The minimum atomic E-state index is -0.159. The molecule has 1 unspecified atom stereocenters. The molecule has 0 aliphatic rings. The molecule has 0 aliphatic carbocycles. The predicted octanol–water partition coefficient (Wildman–Crippen LogP) is 3.37. The van der Waals surface area contributed by atoms with Crippen LogP contribution in [0.5, 0.6) is 0 Å². The van der Waals surface area contributed by atoms with E-state index < -0.39 is 0 Å². The molecule has 0 amide bonds. The van der Waals surface area contributed by atoms with Crippen molar-refractivity contribution in [2.75, 3.05) is 12.4 Å². The van der Waals surface area contributed by atoms with Gasteiger partial charge in [-0.25, -0.2) is 0 Å². The molecule has 0 fully saturated rings. The van der Waals surface area contributed by atoms with Crippen LogP contribution in [0.1, 0.15) is 38.3 Å². The molecule has 0 saturated carbocycles. The molecule has 0 radical (unpaired) electrons. The number of hydrogen-bond acceptors (Lipinski definition) is 3. The summed E-state index contributed by atoms with van der Waals surface area (Å²) in [6.45, 7) is 8.65. The Balaban J connectivity index is 2.33. The molecule has 108 valence electrons. The number of aryl methyl sites for hydroxylation is 1. The molecular formula is C16H27NOS. The van der Waals surface area contributed by atoms with Crippen LogP contribution in [0.4, 0.5) is 0 Å². The van der Waals surface area contributed by atoms with Crippen LogP contribution in [0.3, 0.4) is 0 Å². The Labute approximate surface area is 122 Å². The van der Waals surface area contributed by atoms with E-state index in [0.717, 1.165) is 17.9 Å². The first-order valence-electron chi connectivity index (χ1n) is 6.97. The summed E-state index contributed by atoms with van der Waals surface area (Å²) in [7, 11) is 0. The smallest absolute Gasteiger partial charge is 0.0610 e. The van der Waals surface area contributed by atoms with E-state index >= 15 is 0 Å². The molecule has 19 heavy (non-hydrogen) atoms. The van der Waals surface area contributed by atoms with Crippen LogP contribution in [0.2, 0.25) is 0 Å². The normalized spacial score (nSPS) is 14.6. The number of aliphatic hydroxyl groups excluding tert-OH is 1. The van der Waals surface area contributed by atoms with Gasteiger partial charge in [-0.05, 0) is 31.6 Å². The lowest BCUT2D eigenvalue weighted by molar-refractivity contribution is 0.162. The van der Waals surface area contributed by atoms with Gasteiger partial charge in [-0.1, -0.05) is 43.7 Å². The number of thioether (sulfide) groups is 1. The standard InChI is InChI=1S/C16H27NOS/c1-13(2)17-16(4,12-18)8-9-19-11-15-7-5-6-14(3)10-15/h5-7,10,13,17-18H,8-9,11-12H2,1-4H3. The number of hydrogen-bond donors (Lipinski definition) is 2. The van der Waals surface area contributed by atoms with Gasteiger partial charge in [0.2, 0.25) is 0 Å². The maximum atomic E-state index is 9.52. The average Bonchev–Trinajstić information content (AvgIpc) is 2.34. The van der Waals surface area contributed by atoms with Gasteiger partial charge in [-0.15, -0.1) is 0 Å². The molecule has 1 atom stereocenters. The first-order chi connectivity index (χ1) is 8.95. The van der Waals surface area contributed by atoms with Crippen LogP contribution < -0.4 is 5.32 Å². The zero-order chi connectivity index (χ0) is 14.3. The van der Waals surface area contributed by atoms with Gasteiger partial charge >= 0.3 is 0 Å². The maximum Gasteiger partial charge on any atom is 0.0610 e. The van der Waals surface area contributed by atoms with E-state index in [4.69, 9.17) is 0 Å². The molecule has 0 heterocycles. The monoisotopic (exact) mass is 281 g/mol. The van der Waals surface area contributed by atoms with Gasteiger partial charge in [0.05, 0.1) is 6.61 Å². The number of aliphatic hydroxyl groups is 1. The van der Waals surface area contributed by atoms with Gasteiger partial charge in [0.1, 0.15) is 0 Å². The Morgan fingerprint density at radius 3 is 2.68 bits per heavy atom. The van der Waals surface area contributed by atoms with Crippen molar-refractivity contribution in [3.63, 3.8) is 0 Å². The summed E-state index contributed by atoms with van der Waals surface area (Å²) in [5.74, 6) is 2.11. The molecule has 1 rings (SSSR count). The number of nitrogens with one attached hydrogen (secondary N) is 1. The van der Waals surface area contributed by atoms with Crippen molar-refractivity contribution in [1.29, 1.82) is 0 Å². The second-order valence-corrected chi connectivity index (χ2v) is 6.91. The average molecular weight is 281 g/mol. The van der Waals surface area contributed by atoms with Crippen LogP contribution in [-0.2, 0) is 5.75 Å². The van der Waals surface area contributed by atoms with Crippen molar-refractivity contribution in [3.8, 4) is 0 Å². The van der Waals surface area contributed by atoms with E-state index in [0.29, 0.717) is 6.04 Å². The topological polar surface area (TPSA) is 32.3 Å². The minimum absolute atomic E-state index is 0.159. The van der Waals surface area contributed by atoms with Crippen LogP contribution in [-0.4, -0.2) is 29.0 Å². The fraction of sp³-hybridized carbons (Fsp3) is 0.625. The second kappa shape index (κ2) is 7.93. The van der Waals surface area contributed by atoms with Gasteiger partial charge < -0.3 is 10.4 Å². The molecule has 1 aromatic rings. The van der Waals surface area contributed by atoms with Crippen molar-refractivity contribution in [2.24, 2.45) is 0 Å². The summed E-state index contributed by atoms with van der Waals surface area (Å²) in [4.78, 5) is 0. The summed E-state index contributed by atoms with van der Waals surface area (Å²) in [6.07, 6.45) is 0.984. The molecule has 2 N–H and O–H groups in total. The van der Waals surface area contributed by atoms with Gasteiger partial charge in [0, 0.05) is 17.3 Å². The highest BCUT2D eigenvalue weighted by Crippen LogP contribution is 2.19. The lowest BCUT2D eigenvalue weighted by atomic mass is 9.99. The first kappa shape index (κ1) is 16.5. The Kier molecular flexibility index (Phi) is 6.90. The summed E-state index contributed by atoms with van der Waals surface area (Å²) in [6, 6.07) is 9.06. The van der Waals surface area contributed by atoms with Crippen molar-refractivity contribution in [3.05, 3.63) is 35.4 Å². The van der Waals surface area contributed by atoms with E-state index in [1.165, 1.54) is 11.1 Å². The van der Waals surface area contributed by atoms with Crippen molar-refractivity contribution in [1.82, 2.24) is 5.32 Å². The van der Waals surface area contributed by atoms with Gasteiger partial charge in [0.15, 0.2) is 0 Å². The second-order valence-electron chi connectivity index (χ2n) is 5.81. The largest absolute Gasteiger partial charge is 0.394 e. The van der Waals surface area contributed by atoms with Gasteiger partial charge in [-0.3, -0.25) is 0 Å². The van der Waals surface area contributed by atoms with Gasteiger partial charge in [0.25, 0.3) is 0 Å². The van der Waals surface area contributed by atoms with Crippen molar-refractivity contribution < 1.29 is 5.11 Å². The van der Waals surface area contributed by atoms with E-state index in [1.54, 1.807) is 0 Å². The molecule has 0 saturated heterocycles. The van der Waals surface area contributed by atoms with Crippen LogP contribution in [0.25, 0.3) is 0 Å². The third-order valence-corrected chi connectivity index (χ3v) is 4.17. The van der Waals surface area contributed by atoms with Crippen LogP contribution in [0, 0.1) is 6.92 Å². The van der Waals surface area contributed by atoms with E-state index in [-0.39, 0.29) is 12.1 Å². The molecule has 3 heteroatoms. The highest BCUT2D eigenvalue weighted by atomic mass is 32.2. The molecular weight excluding hydrogens is 254 g/mol. The lowest BCUT2D eigenvalue weighted by Crippen LogP contribution is -2.49. The number of rotatable bonds is 8. The summed E-state index contributed by atoms with van der Waals surface area (Å²) in [5, 5.41) is 13.0. The fourth-order valence-corrected chi connectivity index (χ4v) is 3.34. The third-order valence-electron chi connectivity index (χ3n) is 3.14. The van der Waals surface area contributed by atoms with Gasteiger partial charge in [-0.2, -0.15) is 11.8 Å². The summed E-state index contributed by atoms with van der Waals surface area (Å²) in [5.41, 5.74) is 2.54. The Morgan fingerprint density at radius 2 is 2.11 bits per heavy atom. The zero-order valence-electron chi connectivity index (χ0n) is 12.6. The first-order valence-corrected chi connectivity index (χ1v) is 8.12. The molecule has 0 aromatic heterocycles. The third kappa shape index (κ3) is 6.46. The lowest BCUT2D eigenvalue weighted by Gasteiger charge is -2.31. The SMILES string of the molecule is Cc1cccc(CSCCC(C)(CO)NC(C)C)c1. The molecule has 1 aromatic carbocycles. The van der Waals surface area contributed by atoms with Crippen LogP contribution in [0.15, 0.2) is 24.3 Å². The highest BCUT2D eigenvalue weighted by Gasteiger charge is 2.23. The Bertz CT molecular complexity index is 381. The zero-order valence-corrected chi connectivity index (χ0v) is 13.4. The molecule has 0 spiro atoms. The van der Waals surface area contributed by atoms with E-state index in [2.05, 4.69) is 57.3 Å². The minimum Gasteiger partial charge on any atom is -0.394 e.